The van der Waals surface area contributed by atoms with Crippen molar-refractivity contribution in [2.24, 2.45) is 0 Å². The lowest BCUT2D eigenvalue weighted by molar-refractivity contribution is 0.153. The molecule has 2 nitrogen and oxygen atoms in total. The molecule has 2 unspecified atom stereocenters. The van der Waals surface area contributed by atoms with E-state index in [4.69, 9.17) is 16.3 Å². The van der Waals surface area contributed by atoms with E-state index in [1.807, 2.05) is 43.4 Å². The van der Waals surface area contributed by atoms with Gasteiger partial charge < -0.3 is 10.1 Å². The highest BCUT2D eigenvalue weighted by Crippen LogP contribution is 2.42. The Morgan fingerprint density at radius 3 is 2.75 bits per heavy atom. The van der Waals surface area contributed by atoms with Crippen molar-refractivity contribution in [3.05, 3.63) is 63.1 Å². The van der Waals surface area contributed by atoms with Crippen LogP contribution in [0, 0.1) is 0 Å². The van der Waals surface area contributed by atoms with Crippen molar-refractivity contribution in [2.45, 2.75) is 18.6 Å². The van der Waals surface area contributed by atoms with Crippen LogP contribution in [0.4, 0.5) is 0 Å². The lowest BCUT2D eigenvalue weighted by Gasteiger charge is -2.32. The summed E-state index contributed by atoms with van der Waals surface area (Å²) >= 11 is 9.59. The molecule has 0 saturated heterocycles. The number of fused-ring (bicyclic) bond motifs is 1. The molecule has 0 bridgehead atoms. The topological polar surface area (TPSA) is 21.3 Å². The van der Waals surface area contributed by atoms with Crippen LogP contribution in [0.25, 0.3) is 0 Å². The fourth-order valence-electron chi connectivity index (χ4n) is 2.64. The molecular weight excluding hydrogens is 338 g/mol. The van der Waals surface area contributed by atoms with Crippen molar-refractivity contribution < 1.29 is 4.74 Å². The summed E-state index contributed by atoms with van der Waals surface area (Å²) in [5, 5.41) is 4.09. The van der Waals surface area contributed by atoms with E-state index in [-0.39, 0.29) is 6.10 Å². The van der Waals surface area contributed by atoms with Gasteiger partial charge in [-0.3, -0.25) is 0 Å². The summed E-state index contributed by atoms with van der Waals surface area (Å²) in [5.74, 6) is 0.949. The molecule has 0 radical (unpaired) electrons. The molecule has 2 aromatic rings. The Balaban J connectivity index is 1.97. The first kappa shape index (κ1) is 13.9. The molecule has 1 aliphatic rings. The Morgan fingerprint density at radius 2 is 2.00 bits per heavy atom. The Bertz CT molecular complexity index is 632. The molecule has 1 N–H and O–H groups in total. The molecular formula is C16H15BrClNO. The van der Waals surface area contributed by atoms with Crippen LogP contribution in [0.3, 0.4) is 0 Å². The summed E-state index contributed by atoms with van der Waals surface area (Å²) in [6.45, 7) is 0. The third-order valence-corrected chi connectivity index (χ3v) is 4.59. The van der Waals surface area contributed by atoms with Gasteiger partial charge in [-0.1, -0.05) is 51.8 Å². The highest BCUT2D eigenvalue weighted by Gasteiger charge is 2.29. The minimum Gasteiger partial charge on any atom is -0.485 e. The molecule has 0 aliphatic carbocycles. The number of ether oxygens (including phenoxy) is 1. The van der Waals surface area contributed by atoms with Crippen LogP contribution in [0.2, 0.25) is 5.02 Å². The number of hydrogen-bond acceptors (Lipinski definition) is 2. The molecule has 0 fully saturated rings. The van der Waals surface area contributed by atoms with Gasteiger partial charge in [0.1, 0.15) is 11.9 Å². The number of nitrogens with one attached hydrogen (secondary N) is 1. The average molecular weight is 353 g/mol. The summed E-state index contributed by atoms with van der Waals surface area (Å²) < 4.78 is 7.15. The fraction of sp³-hybridized carbons (Fsp3) is 0.250. The zero-order chi connectivity index (χ0) is 14.1. The molecule has 0 aromatic heterocycles. The molecule has 20 heavy (non-hydrogen) atoms. The second-order valence-electron chi connectivity index (χ2n) is 4.89. The van der Waals surface area contributed by atoms with Crippen LogP contribution in [-0.2, 0) is 0 Å². The highest BCUT2D eigenvalue weighted by molar-refractivity contribution is 9.10. The summed E-state index contributed by atoms with van der Waals surface area (Å²) in [5.41, 5.74) is 2.35. The van der Waals surface area contributed by atoms with Gasteiger partial charge >= 0.3 is 0 Å². The van der Waals surface area contributed by atoms with Crippen LogP contribution < -0.4 is 10.1 Å². The Labute approximate surface area is 132 Å². The smallest absolute Gasteiger partial charge is 0.127 e. The average Bonchev–Trinajstić information content (AvgIpc) is 2.46. The first-order chi connectivity index (χ1) is 9.69. The van der Waals surface area contributed by atoms with Crippen LogP contribution in [-0.4, -0.2) is 7.05 Å². The number of benzene rings is 2. The van der Waals surface area contributed by atoms with Gasteiger partial charge in [0.15, 0.2) is 0 Å². The molecule has 1 aliphatic heterocycles. The molecule has 3 rings (SSSR count). The Hall–Kier alpha value is -1.03. The van der Waals surface area contributed by atoms with E-state index in [9.17, 15) is 0 Å². The maximum Gasteiger partial charge on any atom is 0.127 e. The van der Waals surface area contributed by atoms with Gasteiger partial charge in [-0.15, -0.1) is 0 Å². The molecule has 0 spiro atoms. The van der Waals surface area contributed by atoms with E-state index in [0.29, 0.717) is 6.04 Å². The maximum absolute atomic E-state index is 6.16. The molecule has 4 heteroatoms. The van der Waals surface area contributed by atoms with Crippen LogP contribution in [0.15, 0.2) is 46.9 Å². The third-order valence-electron chi connectivity index (χ3n) is 3.67. The van der Waals surface area contributed by atoms with Crippen molar-refractivity contribution in [1.82, 2.24) is 5.32 Å². The SMILES string of the molecule is CNC1CC(c2ccc(Cl)cc2Br)Oc2ccccc21. The zero-order valence-corrected chi connectivity index (χ0v) is 13.4. The zero-order valence-electron chi connectivity index (χ0n) is 11.1. The van der Waals surface area contributed by atoms with E-state index in [1.165, 1.54) is 5.56 Å². The number of para-hydroxylation sites is 1. The van der Waals surface area contributed by atoms with Gasteiger partial charge in [0.25, 0.3) is 0 Å². The van der Waals surface area contributed by atoms with Crippen molar-refractivity contribution >= 4 is 27.5 Å². The van der Waals surface area contributed by atoms with Gasteiger partial charge in [0.05, 0.1) is 0 Å². The number of rotatable bonds is 2. The summed E-state index contributed by atoms with van der Waals surface area (Å²) in [6.07, 6.45) is 0.919. The number of hydrogen-bond donors (Lipinski definition) is 1. The second-order valence-corrected chi connectivity index (χ2v) is 6.18. The highest BCUT2D eigenvalue weighted by atomic mass is 79.9. The molecule has 0 saturated carbocycles. The minimum absolute atomic E-state index is 0.0222. The quantitative estimate of drug-likeness (QED) is 0.831. The van der Waals surface area contributed by atoms with Gasteiger partial charge in [0, 0.05) is 33.1 Å². The van der Waals surface area contributed by atoms with Crippen molar-refractivity contribution in [2.75, 3.05) is 7.05 Å². The Morgan fingerprint density at radius 1 is 1.20 bits per heavy atom. The fourth-order valence-corrected chi connectivity index (χ4v) is 3.58. The Kier molecular flexibility index (Phi) is 4.01. The minimum atomic E-state index is 0.0222. The van der Waals surface area contributed by atoms with E-state index >= 15 is 0 Å². The summed E-state index contributed by atoms with van der Waals surface area (Å²) in [6, 6.07) is 14.3. The second kappa shape index (κ2) is 5.76. The number of halogens is 2. The predicted molar refractivity (Wildman–Crippen MR) is 85.4 cm³/mol. The molecule has 2 atom stereocenters. The first-order valence-electron chi connectivity index (χ1n) is 6.57. The summed E-state index contributed by atoms with van der Waals surface area (Å²) in [7, 11) is 1.99. The van der Waals surface area contributed by atoms with Crippen molar-refractivity contribution in [3.8, 4) is 5.75 Å². The molecule has 1 heterocycles. The summed E-state index contributed by atoms with van der Waals surface area (Å²) in [4.78, 5) is 0. The predicted octanol–water partition coefficient (Wildman–Crippen LogP) is 4.89. The molecule has 0 amide bonds. The van der Waals surface area contributed by atoms with Gasteiger partial charge in [-0.2, -0.15) is 0 Å². The van der Waals surface area contributed by atoms with Gasteiger partial charge in [0.2, 0.25) is 0 Å². The van der Waals surface area contributed by atoms with E-state index in [2.05, 4.69) is 27.3 Å². The monoisotopic (exact) mass is 351 g/mol. The molecule has 104 valence electrons. The van der Waals surface area contributed by atoms with E-state index in [0.717, 1.165) is 27.2 Å². The standard InChI is InChI=1S/C16H15BrClNO/c1-19-14-9-16(11-7-6-10(18)8-13(11)17)20-15-5-3-2-4-12(14)15/h2-8,14,16,19H,9H2,1H3. The van der Waals surface area contributed by atoms with E-state index < -0.39 is 0 Å². The first-order valence-corrected chi connectivity index (χ1v) is 7.74. The van der Waals surface area contributed by atoms with Crippen molar-refractivity contribution in [1.29, 1.82) is 0 Å². The lowest BCUT2D eigenvalue weighted by Crippen LogP contribution is -2.26. The molecule has 2 aromatic carbocycles. The largest absolute Gasteiger partial charge is 0.485 e. The third kappa shape index (κ3) is 2.58. The lowest BCUT2D eigenvalue weighted by atomic mass is 9.93. The van der Waals surface area contributed by atoms with E-state index in [1.54, 1.807) is 0 Å². The van der Waals surface area contributed by atoms with Crippen LogP contribution in [0.5, 0.6) is 5.75 Å². The van der Waals surface area contributed by atoms with Crippen LogP contribution in [0.1, 0.15) is 29.7 Å². The maximum atomic E-state index is 6.16. The van der Waals surface area contributed by atoms with Crippen molar-refractivity contribution in [3.63, 3.8) is 0 Å². The van der Waals surface area contributed by atoms with Gasteiger partial charge in [-0.25, -0.2) is 0 Å². The normalized spacial score (nSPS) is 21.1. The van der Waals surface area contributed by atoms with Gasteiger partial charge in [-0.05, 0) is 25.2 Å². The van der Waals surface area contributed by atoms with Crippen LogP contribution >= 0.6 is 27.5 Å².